The van der Waals surface area contributed by atoms with Gasteiger partial charge in [-0.2, -0.15) is 0 Å². The molecule has 2 nitrogen and oxygen atoms in total. The number of allylic oxidation sites excluding steroid dienone is 1. The zero-order chi connectivity index (χ0) is 8.10. The van der Waals surface area contributed by atoms with Gasteiger partial charge in [-0.05, 0) is 26.3 Å². The lowest BCUT2D eigenvalue weighted by Crippen LogP contribution is -2.34. The monoisotopic (exact) mass is 152 g/mol. The number of hydrogen-bond acceptors (Lipinski definition) is 2. The van der Waals surface area contributed by atoms with Crippen molar-refractivity contribution in [3.05, 3.63) is 12.1 Å². The Morgan fingerprint density at radius 2 is 2.55 bits per heavy atom. The van der Waals surface area contributed by atoms with Gasteiger partial charge in [0.25, 0.3) is 0 Å². The average molecular weight is 152 g/mol. The van der Waals surface area contributed by atoms with Crippen LogP contribution < -0.4 is 0 Å². The van der Waals surface area contributed by atoms with Gasteiger partial charge in [0.1, 0.15) is 0 Å². The summed E-state index contributed by atoms with van der Waals surface area (Å²) in [4.78, 5) is 2.21. The van der Waals surface area contributed by atoms with Gasteiger partial charge in [0.2, 0.25) is 7.41 Å². The van der Waals surface area contributed by atoms with Crippen molar-refractivity contribution >= 4 is 7.41 Å². The van der Waals surface area contributed by atoms with Crippen LogP contribution in [0.4, 0.5) is 0 Å². The zero-order valence-electron chi connectivity index (χ0n) is 7.03. The van der Waals surface area contributed by atoms with E-state index < -0.39 is 0 Å². The van der Waals surface area contributed by atoms with Crippen molar-refractivity contribution in [2.45, 2.75) is 25.8 Å². The van der Waals surface area contributed by atoms with Gasteiger partial charge in [-0.3, -0.25) is 0 Å². The minimum Gasteiger partial charge on any atom is -0.395 e. The van der Waals surface area contributed by atoms with Gasteiger partial charge in [-0.1, -0.05) is 6.08 Å². The second-order valence-corrected chi connectivity index (χ2v) is 2.89. The first-order valence-electron chi connectivity index (χ1n) is 4.21. The Balaban J connectivity index is 2.31. The van der Waals surface area contributed by atoms with Gasteiger partial charge in [0.15, 0.2) is 0 Å². The largest absolute Gasteiger partial charge is 0.395 e. The summed E-state index contributed by atoms with van der Waals surface area (Å²) in [6.07, 6.45) is 4.34. The van der Waals surface area contributed by atoms with E-state index in [-0.39, 0.29) is 6.61 Å². The molecule has 0 aromatic heterocycles. The molecule has 11 heavy (non-hydrogen) atoms. The van der Waals surface area contributed by atoms with Crippen molar-refractivity contribution < 1.29 is 5.11 Å². The van der Waals surface area contributed by atoms with Gasteiger partial charge in [0.05, 0.1) is 6.61 Å². The molecule has 1 aliphatic heterocycles. The number of rotatable bonds is 3. The summed E-state index contributed by atoms with van der Waals surface area (Å²) < 4.78 is 0. The Morgan fingerprint density at radius 1 is 1.73 bits per heavy atom. The molecule has 0 spiro atoms. The van der Waals surface area contributed by atoms with Crippen LogP contribution in [0.2, 0.25) is 0 Å². The van der Waals surface area contributed by atoms with Crippen LogP contribution in [-0.2, 0) is 0 Å². The topological polar surface area (TPSA) is 23.5 Å². The fraction of sp³-hybridized carbons (Fsp3) is 0.750. The van der Waals surface area contributed by atoms with Crippen LogP contribution in [0.25, 0.3) is 0 Å². The highest BCUT2D eigenvalue weighted by Crippen LogP contribution is 2.14. The maximum absolute atomic E-state index is 8.95. The molecule has 1 heterocycles. The molecule has 0 amide bonds. The Hall–Kier alpha value is -0.275. The highest BCUT2D eigenvalue weighted by atomic mass is 16.3. The number of aliphatic hydroxyl groups is 1. The second kappa shape index (κ2) is 4.57. The smallest absolute Gasteiger partial charge is 0.239 e. The molecule has 0 aromatic carbocycles. The maximum atomic E-state index is 8.95. The molecular formula is C8H15BNO. The summed E-state index contributed by atoms with van der Waals surface area (Å²) in [5.41, 5.74) is 0. The average Bonchev–Trinajstić information content (AvgIpc) is 2.47. The van der Waals surface area contributed by atoms with Crippen molar-refractivity contribution in [3.63, 3.8) is 0 Å². The summed E-state index contributed by atoms with van der Waals surface area (Å²) >= 11 is 0. The lowest BCUT2D eigenvalue weighted by molar-refractivity contribution is 0.215. The van der Waals surface area contributed by atoms with Crippen molar-refractivity contribution in [2.24, 2.45) is 0 Å². The van der Waals surface area contributed by atoms with Crippen molar-refractivity contribution in [2.75, 3.05) is 13.2 Å². The minimum atomic E-state index is 0.286. The van der Waals surface area contributed by atoms with Crippen LogP contribution in [0.15, 0.2) is 12.1 Å². The SMILES string of the molecule is CC=C[B]N1CCCC1CO. The van der Waals surface area contributed by atoms with Gasteiger partial charge in [-0.25, -0.2) is 0 Å². The molecule has 0 bridgehead atoms. The first kappa shape index (κ1) is 8.82. The number of nitrogens with zero attached hydrogens (tertiary/aromatic N) is 1. The second-order valence-electron chi connectivity index (χ2n) is 2.89. The van der Waals surface area contributed by atoms with E-state index in [1.54, 1.807) is 0 Å². The van der Waals surface area contributed by atoms with Crippen LogP contribution >= 0.6 is 0 Å². The molecule has 1 N–H and O–H groups in total. The first-order chi connectivity index (χ1) is 5.38. The van der Waals surface area contributed by atoms with Gasteiger partial charge in [-0.15, -0.1) is 5.98 Å². The van der Waals surface area contributed by atoms with Crippen molar-refractivity contribution in [1.82, 2.24) is 4.81 Å². The molecule has 0 aromatic rings. The van der Waals surface area contributed by atoms with E-state index in [1.807, 2.05) is 19.0 Å². The van der Waals surface area contributed by atoms with Crippen molar-refractivity contribution in [3.8, 4) is 0 Å². The third-order valence-electron chi connectivity index (χ3n) is 2.10. The number of aliphatic hydroxyl groups excluding tert-OH is 1. The predicted molar refractivity (Wildman–Crippen MR) is 47.4 cm³/mol. The predicted octanol–water partition coefficient (Wildman–Crippen LogP) is 0.596. The fourth-order valence-corrected chi connectivity index (χ4v) is 1.45. The van der Waals surface area contributed by atoms with E-state index in [0.717, 1.165) is 13.0 Å². The van der Waals surface area contributed by atoms with Crippen LogP contribution in [-0.4, -0.2) is 36.5 Å². The summed E-state index contributed by atoms with van der Waals surface area (Å²) in [6, 6.07) is 0.367. The van der Waals surface area contributed by atoms with E-state index in [2.05, 4.69) is 12.2 Å². The molecule has 3 heteroatoms. The maximum Gasteiger partial charge on any atom is 0.239 e. The Morgan fingerprint density at radius 3 is 3.18 bits per heavy atom. The number of hydrogen-bond donors (Lipinski definition) is 1. The van der Waals surface area contributed by atoms with Gasteiger partial charge in [0, 0.05) is 6.04 Å². The van der Waals surface area contributed by atoms with Gasteiger partial charge < -0.3 is 9.92 Å². The molecule has 1 radical (unpaired) electrons. The molecule has 1 unspecified atom stereocenters. The highest BCUT2D eigenvalue weighted by molar-refractivity contribution is 6.38. The molecule has 0 aliphatic carbocycles. The Kier molecular flexibility index (Phi) is 3.67. The quantitative estimate of drug-likeness (QED) is 0.598. The van der Waals surface area contributed by atoms with E-state index in [4.69, 9.17) is 5.11 Å². The summed E-state index contributed by atoms with van der Waals surface area (Å²) in [7, 11) is 2.06. The summed E-state index contributed by atoms with van der Waals surface area (Å²) in [6.45, 7) is 3.38. The molecule has 1 aliphatic rings. The Bertz CT molecular complexity index is 138. The molecule has 1 saturated heterocycles. The lowest BCUT2D eigenvalue weighted by Gasteiger charge is -2.19. The van der Waals surface area contributed by atoms with Crippen LogP contribution in [0.3, 0.4) is 0 Å². The summed E-state index contributed by atoms with van der Waals surface area (Å²) in [5.74, 6) is 2.02. The van der Waals surface area contributed by atoms with Gasteiger partial charge >= 0.3 is 0 Å². The van der Waals surface area contributed by atoms with E-state index >= 15 is 0 Å². The fourth-order valence-electron chi connectivity index (χ4n) is 1.45. The van der Waals surface area contributed by atoms with E-state index in [0.29, 0.717) is 6.04 Å². The Labute approximate surface area is 69.2 Å². The van der Waals surface area contributed by atoms with Crippen molar-refractivity contribution in [1.29, 1.82) is 0 Å². The molecule has 61 valence electrons. The standard InChI is InChI=1S/C8H15BNO/c1-2-5-9-10-6-3-4-8(10)7-11/h2,5,8,11H,3-4,6-7H2,1H3. The first-order valence-corrected chi connectivity index (χ1v) is 4.21. The molecule has 0 saturated carbocycles. The lowest BCUT2D eigenvalue weighted by atomic mass is 9.90. The summed E-state index contributed by atoms with van der Waals surface area (Å²) in [5, 5.41) is 8.95. The highest BCUT2D eigenvalue weighted by Gasteiger charge is 2.22. The van der Waals surface area contributed by atoms with E-state index in [9.17, 15) is 0 Å². The third-order valence-corrected chi connectivity index (χ3v) is 2.10. The van der Waals surface area contributed by atoms with Crippen LogP contribution in [0, 0.1) is 0 Å². The zero-order valence-corrected chi connectivity index (χ0v) is 7.03. The molecule has 1 fully saturated rings. The van der Waals surface area contributed by atoms with Crippen LogP contribution in [0.5, 0.6) is 0 Å². The molecule has 1 rings (SSSR count). The van der Waals surface area contributed by atoms with E-state index in [1.165, 1.54) is 6.42 Å². The minimum absolute atomic E-state index is 0.286. The third kappa shape index (κ3) is 2.35. The molecular weight excluding hydrogens is 137 g/mol. The normalized spacial score (nSPS) is 26.5. The van der Waals surface area contributed by atoms with Crippen LogP contribution in [0.1, 0.15) is 19.8 Å². The molecule has 1 atom stereocenters.